The van der Waals surface area contributed by atoms with Gasteiger partial charge < -0.3 is 25.0 Å². The number of hydrogen-bond donors (Lipinski definition) is 2. The van der Waals surface area contributed by atoms with Gasteiger partial charge in [0.1, 0.15) is 6.54 Å². The van der Waals surface area contributed by atoms with Gasteiger partial charge in [-0.15, -0.1) is 0 Å². The molecule has 1 amide bonds. The van der Waals surface area contributed by atoms with E-state index in [4.69, 9.17) is 9.47 Å². The van der Waals surface area contributed by atoms with Crippen LogP contribution in [0.15, 0.2) is 4.99 Å². The Balaban J connectivity index is 1.90. The molecule has 0 radical (unpaired) electrons. The number of nitrogens with zero attached hydrogens (tertiary/aromatic N) is 3. The average Bonchev–Trinajstić information content (AvgIpc) is 3.15. The maximum atomic E-state index is 11.9. The van der Waals surface area contributed by atoms with E-state index in [1.165, 1.54) is 0 Å². The van der Waals surface area contributed by atoms with Crippen molar-refractivity contribution >= 4 is 11.9 Å². The Morgan fingerprint density at radius 2 is 1.96 bits per heavy atom. The standard InChI is InChI=1S/C18H35N5O3/c1-18(2,23-7-10-25-11-8-23)14-21-17(20-13-16(24)22(3)4)19-12-15-6-5-9-26-15/h15H,5-14H2,1-4H3,(H2,19,20,21). The van der Waals surface area contributed by atoms with Crippen LogP contribution in [0.4, 0.5) is 0 Å². The summed E-state index contributed by atoms with van der Waals surface area (Å²) in [6.45, 7) is 10.3. The molecule has 0 aromatic carbocycles. The Bertz CT molecular complexity index is 469. The van der Waals surface area contributed by atoms with E-state index in [0.29, 0.717) is 12.5 Å². The quantitative estimate of drug-likeness (QED) is 0.482. The lowest BCUT2D eigenvalue weighted by molar-refractivity contribution is -0.127. The topological polar surface area (TPSA) is 78.4 Å². The summed E-state index contributed by atoms with van der Waals surface area (Å²) in [5.41, 5.74) is -0.0261. The van der Waals surface area contributed by atoms with Crippen LogP contribution in [-0.4, -0.2) is 99.9 Å². The number of carbonyl (C=O) groups is 1. The molecule has 2 aliphatic heterocycles. The number of aliphatic imine (C=N–C) groups is 1. The minimum Gasteiger partial charge on any atom is -0.379 e. The molecule has 0 aromatic heterocycles. The summed E-state index contributed by atoms with van der Waals surface area (Å²) in [7, 11) is 3.48. The third-order valence-corrected chi connectivity index (χ3v) is 4.95. The number of ether oxygens (including phenoxy) is 2. The Kier molecular flexibility index (Phi) is 8.12. The molecule has 0 spiro atoms. The van der Waals surface area contributed by atoms with Gasteiger partial charge in [0.25, 0.3) is 0 Å². The van der Waals surface area contributed by atoms with Crippen LogP contribution in [-0.2, 0) is 14.3 Å². The van der Waals surface area contributed by atoms with Gasteiger partial charge in [0.2, 0.25) is 5.91 Å². The maximum absolute atomic E-state index is 11.9. The van der Waals surface area contributed by atoms with E-state index in [1.54, 1.807) is 19.0 Å². The molecule has 1 unspecified atom stereocenters. The molecule has 0 aromatic rings. The first-order chi connectivity index (χ1) is 12.4. The maximum Gasteiger partial charge on any atom is 0.243 e. The summed E-state index contributed by atoms with van der Waals surface area (Å²) in [5, 5.41) is 6.74. The molecule has 150 valence electrons. The second-order valence-electron chi connectivity index (χ2n) is 7.73. The van der Waals surface area contributed by atoms with Crippen molar-refractivity contribution < 1.29 is 14.3 Å². The van der Waals surface area contributed by atoms with Gasteiger partial charge in [0.05, 0.1) is 19.3 Å². The molecule has 2 fully saturated rings. The molecular weight excluding hydrogens is 334 g/mol. The third kappa shape index (κ3) is 6.74. The van der Waals surface area contributed by atoms with Crippen molar-refractivity contribution in [1.82, 2.24) is 20.4 Å². The van der Waals surface area contributed by atoms with Gasteiger partial charge in [-0.25, -0.2) is 4.99 Å². The van der Waals surface area contributed by atoms with E-state index < -0.39 is 0 Å². The average molecular weight is 370 g/mol. The number of guanidine groups is 1. The number of hydrogen-bond acceptors (Lipinski definition) is 5. The molecule has 8 nitrogen and oxygen atoms in total. The van der Waals surface area contributed by atoms with Crippen molar-refractivity contribution in [2.75, 3.05) is 66.6 Å². The van der Waals surface area contributed by atoms with Gasteiger partial charge in [-0.1, -0.05) is 0 Å². The number of carbonyl (C=O) groups excluding carboxylic acids is 1. The van der Waals surface area contributed by atoms with Crippen LogP contribution in [0.25, 0.3) is 0 Å². The molecule has 0 aliphatic carbocycles. The summed E-state index contributed by atoms with van der Waals surface area (Å²) < 4.78 is 11.1. The van der Waals surface area contributed by atoms with Crippen molar-refractivity contribution in [3.63, 3.8) is 0 Å². The van der Waals surface area contributed by atoms with Crippen LogP contribution in [0.1, 0.15) is 26.7 Å². The Labute approximate surface area is 157 Å². The molecule has 2 aliphatic rings. The van der Waals surface area contributed by atoms with Crippen LogP contribution in [0, 0.1) is 0 Å². The molecule has 2 heterocycles. The van der Waals surface area contributed by atoms with Crippen molar-refractivity contribution in [1.29, 1.82) is 0 Å². The summed E-state index contributed by atoms with van der Waals surface area (Å²) in [5.74, 6) is 0.646. The molecule has 0 bridgehead atoms. The monoisotopic (exact) mass is 369 g/mol. The van der Waals surface area contributed by atoms with Crippen molar-refractivity contribution in [2.45, 2.75) is 38.3 Å². The molecule has 2 N–H and O–H groups in total. The smallest absolute Gasteiger partial charge is 0.243 e. The lowest BCUT2D eigenvalue weighted by Crippen LogP contribution is -2.56. The van der Waals surface area contributed by atoms with Gasteiger partial charge in [-0.3, -0.25) is 9.69 Å². The SMILES string of the molecule is CN(C)C(=O)CN=C(NCC1CCCO1)NCC(C)(C)N1CCOCC1. The molecule has 1 atom stereocenters. The van der Waals surface area contributed by atoms with Crippen molar-refractivity contribution in [3.05, 3.63) is 0 Å². The lowest BCUT2D eigenvalue weighted by Gasteiger charge is -2.41. The molecule has 0 saturated carbocycles. The van der Waals surface area contributed by atoms with E-state index in [1.807, 2.05) is 0 Å². The number of rotatable bonds is 7. The van der Waals surface area contributed by atoms with Crippen LogP contribution in [0.3, 0.4) is 0 Å². The van der Waals surface area contributed by atoms with Gasteiger partial charge >= 0.3 is 0 Å². The minimum absolute atomic E-state index is 0.0179. The third-order valence-electron chi connectivity index (χ3n) is 4.95. The Morgan fingerprint density at radius 1 is 1.23 bits per heavy atom. The van der Waals surface area contributed by atoms with E-state index in [9.17, 15) is 4.79 Å². The summed E-state index contributed by atoms with van der Waals surface area (Å²) in [4.78, 5) is 20.3. The highest BCUT2D eigenvalue weighted by molar-refractivity contribution is 5.84. The largest absolute Gasteiger partial charge is 0.379 e. The zero-order valence-corrected chi connectivity index (χ0v) is 16.7. The number of nitrogens with one attached hydrogen (secondary N) is 2. The Hall–Kier alpha value is -1.38. The van der Waals surface area contributed by atoms with Crippen LogP contribution in [0.5, 0.6) is 0 Å². The van der Waals surface area contributed by atoms with Crippen molar-refractivity contribution in [2.24, 2.45) is 4.99 Å². The zero-order chi connectivity index (χ0) is 19.0. The molecule has 8 heteroatoms. The fourth-order valence-electron chi connectivity index (χ4n) is 3.06. The summed E-state index contributed by atoms with van der Waals surface area (Å²) in [6.07, 6.45) is 2.39. The van der Waals surface area contributed by atoms with Crippen molar-refractivity contribution in [3.8, 4) is 0 Å². The molecule has 2 saturated heterocycles. The Morgan fingerprint density at radius 3 is 2.58 bits per heavy atom. The van der Waals surface area contributed by atoms with Gasteiger partial charge in [-0.2, -0.15) is 0 Å². The normalized spacial score (nSPS) is 22.3. The molecule has 26 heavy (non-hydrogen) atoms. The van der Waals surface area contributed by atoms with Crippen LogP contribution >= 0.6 is 0 Å². The highest BCUT2D eigenvalue weighted by Gasteiger charge is 2.28. The first-order valence-corrected chi connectivity index (χ1v) is 9.55. The van der Waals surface area contributed by atoms with E-state index in [0.717, 1.165) is 52.3 Å². The molecule has 2 rings (SSSR count). The first-order valence-electron chi connectivity index (χ1n) is 9.55. The fourth-order valence-corrected chi connectivity index (χ4v) is 3.06. The van der Waals surface area contributed by atoms with Crippen LogP contribution < -0.4 is 10.6 Å². The highest BCUT2D eigenvalue weighted by Crippen LogP contribution is 2.15. The first kappa shape index (κ1) is 20.9. The van der Waals surface area contributed by atoms with Gasteiger partial charge in [-0.05, 0) is 26.7 Å². The zero-order valence-electron chi connectivity index (χ0n) is 16.7. The predicted molar refractivity (Wildman–Crippen MR) is 102 cm³/mol. The highest BCUT2D eigenvalue weighted by atomic mass is 16.5. The second-order valence-corrected chi connectivity index (χ2v) is 7.73. The molecular formula is C18H35N5O3. The second kappa shape index (κ2) is 10.1. The van der Waals surface area contributed by atoms with E-state index >= 15 is 0 Å². The predicted octanol–water partition coefficient (Wildman–Crippen LogP) is -0.100. The lowest BCUT2D eigenvalue weighted by atomic mass is 10.0. The number of morpholine rings is 1. The summed E-state index contributed by atoms with van der Waals surface area (Å²) in [6, 6.07) is 0. The minimum atomic E-state index is -0.0261. The van der Waals surface area contributed by atoms with E-state index in [-0.39, 0.29) is 24.1 Å². The van der Waals surface area contributed by atoms with E-state index in [2.05, 4.69) is 34.4 Å². The summed E-state index contributed by atoms with van der Waals surface area (Å²) >= 11 is 0. The number of likely N-dealkylation sites (N-methyl/N-ethyl adjacent to an activating group) is 1. The number of amides is 1. The van der Waals surface area contributed by atoms with Gasteiger partial charge in [0, 0.05) is 52.4 Å². The fraction of sp³-hybridized carbons (Fsp3) is 0.889. The van der Waals surface area contributed by atoms with Gasteiger partial charge in [0.15, 0.2) is 5.96 Å². The van der Waals surface area contributed by atoms with Crippen LogP contribution in [0.2, 0.25) is 0 Å².